The van der Waals surface area contributed by atoms with Crippen LogP contribution in [0.25, 0.3) is 16.9 Å². The van der Waals surface area contributed by atoms with Gasteiger partial charge in [-0.2, -0.15) is 0 Å². The van der Waals surface area contributed by atoms with E-state index in [1.54, 1.807) is 12.3 Å². The first kappa shape index (κ1) is 27.4. The minimum atomic E-state index is 0.0936. The van der Waals surface area contributed by atoms with E-state index in [4.69, 9.17) is 28.3 Å². The summed E-state index contributed by atoms with van der Waals surface area (Å²) in [5.41, 5.74) is 4.26. The first-order valence-corrected chi connectivity index (χ1v) is 14.4. The molecule has 2 N–H and O–H groups in total. The lowest BCUT2D eigenvalue weighted by molar-refractivity contribution is 0.0705. The van der Waals surface area contributed by atoms with Gasteiger partial charge in [0.05, 0.1) is 21.9 Å². The summed E-state index contributed by atoms with van der Waals surface area (Å²) in [4.78, 5) is 19.6. The Balaban J connectivity index is 1.21. The maximum atomic E-state index is 13.1. The fraction of sp³-hybridized carbons (Fsp3) is 0.367. The van der Waals surface area contributed by atoms with Gasteiger partial charge in [-0.3, -0.25) is 4.79 Å². The van der Waals surface area contributed by atoms with E-state index in [2.05, 4.69) is 22.5 Å². The number of hydrogen-bond acceptors (Lipinski definition) is 5. The number of amides is 1. The molecule has 9 heteroatoms. The van der Waals surface area contributed by atoms with E-state index in [1.807, 2.05) is 57.9 Å². The predicted molar refractivity (Wildman–Crippen MR) is 159 cm³/mol. The van der Waals surface area contributed by atoms with Crippen molar-refractivity contribution in [2.45, 2.75) is 51.6 Å². The van der Waals surface area contributed by atoms with Crippen molar-refractivity contribution in [1.29, 1.82) is 0 Å². The van der Waals surface area contributed by atoms with Crippen molar-refractivity contribution in [3.63, 3.8) is 0 Å². The van der Waals surface area contributed by atoms with Crippen molar-refractivity contribution in [3.05, 3.63) is 82.0 Å². The summed E-state index contributed by atoms with van der Waals surface area (Å²) in [6.45, 7) is 5.44. The minimum Gasteiger partial charge on any atom is -0.365 e. The summed E-state index contributed by atoms with van der Waals surface area (Å²) in [7, 11) is 0. The number of anilines is 1. The largest absolute Gasteiger partial charge is 0.365 e. The molecule has 2 aromatic carbocycles. The van der Waals surface area contributed by atoms with Crippen LogP contribution >= 0.6 is 23.2 Å². The van der Waals surface area contributed by atoms with Crippen molar-refractivity contribution in [1.82, 2.24) is 24.8 Å². The molecule has 0 unspecified atom stereocenters. The Kier molecular flexibility index (Phi) is 9.02. The molecule has 5 rings (SSSR count). The highest BCUT2D eigenvalue weighted by atomic mass is 35.5. The van der Waals surface area contributed by atoms with Crippen LogP contribution in [0.1, 0.15) is 54.9 Å². The van der Waals surface area contributed by atoms with E-state index >= 15 is 0 Å². The molecular formula is C30H34Cl2N6O. The zero-order chi connectivity index (χ0) is 27.2. The van der Waals surface area contributed by atoms with Gasteiger partial charge in [-0.05, 0) is 67.8 Å². The van der Waals surface area contributed by atoms with E-state index < -0.39 is 0 Å². The van der Waals surface area contributed by atoms with Gasteiger partial charge in [0.1, 0.15) is 5.82 Å². The molecule has 204 valence electrons. The molecule has 1 fully saturated rings. The zero-order valence-corrected chi connectivity index (χ0v) is 23.7. The number of halogens is 2. The molecule has 0 saturated carbocycles. The van der Waals surface area contributed by atoms with Crippen LogP contribution in [-0.2, 0) is 6.54 Å². The van der Waals surface area contributed by atoms with Crippen LogP contribution in [0.2, 0.25) is 10.0 Å². The molecule has 4 aromatic rings. The zero-order valence-electron chi connectivity index (χ0n) is 22.2. The third-order valence-electron chi connectivity index (χ3n) is 7.24. The molecule has 1 aliphatic heterocycles. The third-order valence-corrected chi connectivity index (χ3v) is 7.98. The lowest BCUT2D eigenvalue weighted by Crippen LogP contribution is -2.45. The first-order chi connectivity index (χ1) is 19.0. The molecule has 1 aliphatic rings. The van der Waals surface area contributed by atoms with Gasteiger partial charge in [0.25, 0.3) is 5.91 Å². The van der Waals surface area contributed by atoms with Crippen LogP contribution in [-0.4, -0.2) is 51.1 Å². The molecule has 7 nitrogen and oxygen atoms in total. The van der Waals surface area contributed by atoms with Crippen LogP contribution in [0.4, 0.5) is 5.82 Å². The van der Waals surface area contributed by atoms with Gasteiger partial charge >= 0.3 is 0 Å². The normalized spacial score (nSPS) is 14.2. The predicted octanol–water partition coefficient (Wildman–Crippen LogP) is 6.70. The van der Waals surface area contributed by atoms with E-state index in [0.717, 1.165) is 54.9 Å². The number of benzene rings is 2. The summed E-state index contributed by atoms with van der Waals surface area (Å²) in [5.74, 6) is 0.805. The molecule has 3 heterocycles. The number of carbonyl (C=O) groups is 1. The quantitative estimate of drug-likeness (QED) is 0.209. The maximum absolute atomic E-state index is 13.1. The second kappa shape index (κ2) is 12.8. The molecule has 0 aliphatic carbocycles. The third kappa shape index (κ3) is 6.72. The Morgan fingerprint density at radius 1 is 1.00 bits per heavy atom. The number of rotatable bonds is 10. The van der Waals surface area contributed by atoms with Gasteiger partial charge < -0.3 is 15.5 Å². The van der Waals surface area contributed by atoms with Crippen molar-refractivity contribution < 1.29 is 4.79 Å². The van der Waals surface area contributed by atoms with E-state index in [1.165, 1.54) is 19.3 Å². The van der Waals surface area contributed by atoms with Gasteiger partial charge in [-0.1, -0.05) is 61.2 Å². The first-order valence-electron chi connectivity index (χ1n) is 13.7. The number of unbranched alkanes of at least 4 members (excludes halogenated alkanes) is 2. The maximum Gasteiger partial charge on any atom is 0.253 e. The Bertz CT molecular complexity index is 1410. The van der Waals surface area contributed by atoms with Gasteiger partial charge in [-0.25, -0.2) is 9.50 Å². The summed E-state index contributed by atoms with van der Waals surface area (Å²) in [6.07, 6.45) is 7.54. The highest BCUT2D eigenvalue weighted by molar-refractivity contribution is 6.42. The number of nitrogens with one attached hydrogen (secondary N) is 2. The molecule has 0 spiro atoms. The van der Waals surface area contributed by atoms with Gasteiger partial charge in [0, 0.05) is 36.8 Å². The van der Waals surface area contributed by atoms with Crippen LogP contribution in [0.15, 0.2) is 60.8 Å². The Hall–Kier alpha value is -3.13. The van der Waals surface area contributed by atoms with E-state index in [9.17, 15) is 4.79 Å². The Morgan fingerprint density at radius 3 is 2.54 bits per heavy atom. The molecule has 0 bridgehead atoms. The number of hydrogen-bond donors (Lipinski definition) is 2. The average Bonchev–Trinajstić information content (AvgIpc) is 3.39. The highest BCUT2D eigenvalue weighted by Crippen LogP contribution is 2.25. The van der Waals surface area contributed by atoms with Crippen molar-refractivity contribution >= 4 is 40.6 Å². The highest BCUT2D eigenvalue weighted by Gasteiger charge is 2.23. The number of fused-ring (bicyclic) bond motifs is 1. The second-order valence-electron chi connectivity index (χ2n) is 10.0. The molecule has 1 saturated heterocycles. The summed E-state index contributed by atoms with van der Waals surface area (Å²) < 4.78 is 1.81. The average molecular weight is 566 g/mol. The number of nitrogens with zero attached hydrogens (tertiary/aromatic N) is 4. The van der Waals surface area contributed by atoms with Gasteiger partial charge in [-0.15, -0.1) is 5.10 Å². The van der Waals surface area contributed by atoms with Gasteiger partial charge in [0.15, 0.2) is 5.65 Å². The number of carbonyl (C=O) groups excluding carboxylic acids is 1. The summed E-state index contributed by atoms with van der Waals surface area (Å²) in [5, 5.41) is 12.8. The Labute approximate surface area is 239 Å². The molecule has 2 aromatic heterocycles. The molecular weight excluding hydrogens is 531 g/mol. The fourth-order valence-electron chi connectivity index (χ4n) is 4.94. The lowest BCUT2D eigenvalue weighted by Gasteiger charge is -2.32. The number of imidazole rings is 1. The molecule has 39 heavy (non-hydrogen) atoms. The smallest absolute Gasteiger partial charge is 0.253 e. The number of likely N-dealkylation sites (tertiary alicyclic amines) is 1. The standard InChI is InChI=1S/C30H34Cl2N6O/c1-2-3-4-15-33-24-13-16-37(17-14-24)30(39)23-8-6-22(7-9-23)27-20-35-29-12-11-28(36-38(27)29)34-19-21-5-10-25(31)26(32)18-21/h5-12,18,20,24,33H,2-4,13-17,19H2,1H3,(H,34,36). The molecule has 0 radical (unpaired) electrons. The minimum absolute atomic E-state index is 0.0936. The SMILES string of the molecule is CCCCCNC1CCN(C(=O)c2ccc(-c3cnc4ccc(NCc5ccc(Cl)c(Cl)c5)nn34)cc2)CC1. The second-order valence-corrected chi connectivity index (χ2v) is 10.9. The van der Waals surface area contributed by atoms with E-state index in [0.29, 0.717) is 34.0 Å². The van der Waals surface area contributed by atoms with Crippen molar-refractivity contribution in [2.24, 2.45) is 0 Å². The van der Waals surface area contributed by atoms with E-state index in [-0.39, 0.29) is 5.91 Å². The number of piperidine rings is 1. The summed E-state index contributed by atoms with van der Waals surface area (Å²) >= 11 is 12.2. The topological polar surface area (TPSA) is 74.6 Å². The molecule has 0 atom stereocenters. The van der Waals surface area contributed by atoms with Crippen molar-refractivity contribution in [2.75, 3.05) is 25.0 Å². The monoisotopic (exact) mass is 564 g/mol. The number of aromatic nitrogens is 3. The van der Waals surface area contributed by atoms with Crippen LogP contribution in [0, 0.1) is 0 Å². The fourth-order valence-corrected chi connectivity index (χ4v) is 5.26. The van der Waals surface area contributed by atoms with Crippen LogP contribution < -0.4 is 10.6 Å². The van der Waals surface area contributed by atoms with Crippen LogP contribution in [0.3, 0.4) is 0 Å². The van der Waals surface area contributed by atoms with Gasteiger partial charge in [0.2, 0.25) is 0 Å². The lowest BCUT2D eigenvalue weighted by atomic mass is 10.0. The van der Waals surface area contributed by atoms with Crippen LogP contribution in [0.5, 0.6) is 0 Å². The Morgan fingerprint density at radius 2 is 1.79 bits per heavy atom. The molecule has 1 amide bonds. The van der Waals surface area contributed by atoms with Crippen molar-refractivity contribution in [3.8, 4) is 11.3 Å². The summed E-state index contributed by atoms with van der Waals surface area (Å²) in [6, 6.07) is 17.6.